The van der Waals surface area contributed by atoms with Crippen molar-refractivity contribution in [2.75, 3.05) is 18.6 Å². The van der Waals surface area contributed by atoms with Gasteiger partial charge in [-0.3, -0.25) is 14.5 Å². The fourth-order valence-corrected chi connectivity index (χ4v) is 3.14. The summed E-state index contributed by atoms with van der Waals surface area (Å²) in [6.45, 7) is 2.22. The van der Waals surface area contributed by atoms with Gasteiger partial charge in [0.15, 0.2) is 0 Å². The Morgan fingerprint density at radius 1 is 1.07 bits per heavy atom. The maximum Gasteiger partial charge on any atom is 0.365 e. The van der Waals surface area contributed by atoms with Gasteiger partial charge in [-0.05, 0) is 31.2 Å². The molecule has 0 saturated carbocycles. The first kappa shape index (κ1) is 20.1. The number of hydrogen-bond acceptors (Lipinski definition) is 7. The van der Waals surface area contributed by atoms with Gasteiger partial charge in [-0.1, -0.05) is 30.3 Å². The van der Waals surface area contributed by atoms with Gasteiger partial charge >= 0.3 is 11.9 Å². The number of amides is 1. The first-order valence-electron chi connectivity index (χ1n) is 8.77. The molecule has 2 aromatic rings. The number of methoxy groups -OCH3 is 1. The minimum Gasteiger partial charge on any atom is -0.507 e. The molecule has 150 valence electrons. The molecule has 29 heavy (non-hydrogen) atoms. The van der Waals surface area contributed by atoms with Crippen molar-refractivity contribution in [3.05, 3.63) is 65.7 Å². The molecule has 0 spiro atoms. The quantitative estimate of drug-likeness (QED) is 0.342. The van der Waals surface area contributed by atoms with Crippen LogP contribution in [0.25, 0.3) is 5.76 Å². The number of carbonyl (C=O) groups excluding carboxylic acids is 3. The molecular weight excluding hydrogens is 378 g/mol. The summed E-state index contributed by atoms with van der Waals surface area (Å²) in [5.74, 6) is -3.88. The van der Waals surface area contributed by atoms with Crippen LogP contribution in [-0.2, 0) is 19.1 Å². The maximum absolute atomic E-state index is 12.7. The van der Waals surface area contributed by atoms with Crippen molar-refractivity contribution < 1.29 is 34.1 Å². The Labute approximate surface area is 166 Å². The van der Waals surface area contributed by atoms with Crippen LogP contribution in [0.4, 0.5) is 5.69 Å². The molecule has 2 N–H and O–H groups in total. The number of esters is 1. The molecule has 2 aromatic carbocycles. The van der Waals surface area contributed by atoms with Crippen molar-refractivity contribution in [2.24, 2.45) is 0 Å². The monoisotopic (exact) mass is 397 g/mol. The largest absolute Gasteiger partial charge is 0.507 e. The van der Waals surface area contributed by atoms with Gasteiger partial charge in [-0.25, -0.2) is 4.79 Å². The Bertz CT molecular complexity index is 982. The standard InChI is InChI=1S/C21H19NO7/c1-3-29-15-11-9-14(10-12-15)22-19(25)18(24)16(21(22,27)20(26)28-2)17(23)13-7-5-4-6-8-13/h4-12,23,27H,3H2,1-2H3/b17-16+. The molecule has 1 aliphatic heterocycles. The molecule has 0 aromatic heterocycles. The zero-order valence-corrected chi connectivity index (χ0v) is 15.8. The van der Waals surface area contributed by atoms with Crippen molar-refractivity contribution in [3.63, 3.8) is 0 Å². The Kier molecular flexibility index (Phi) is 5.38. The lowest BCUT2D eigenvalue weighted by Crippen LogP contribution is -2.54. The molecule has 1 aliphatic rings. The van der Waals surface area contributed by atoms with Crippen LogP contribution in [0.15, 0.2) is 60.2 Å². The molecule has 8 heteroatoms. The van der Waals surface area contributed by atoms with E-state index in [0.29, 0.717) is 17.3 Å². The van der Waals surface area contributed by atoms with Crippen molar-refractivity contribution in [3.8, 4) is 5.75 Å². The molecule has 3 rings (SSSR count). The van der Waals surface area contributed by atoms with Gasteiger partial charge in [0.05, 0.1) is 13.7 Å². The highest BCUT2D eigenvalue weighted by molar-refractivity contribution is 6.54. The molecule has 1 unspecified atom stereocenters. The summed E-state index contributed by atoms with van der Waals surface area (Å²) < 4.78 is 9.99. The lowest BCUT2D eigenvalue weighted by Gasteiger charge is -2.31. The number of ether oxygens (including phenoxy) is 2. The van der Waals surface area contributed by atoms with Gasteiger partial charge in [0, 0.05) is 11.3 Å². The molecule has 1 fully saturated rings. The molecule has 1 amide bonds. The second kappa shape index (κ2) is 7.76. The fraction of sp³-hybridized carbons (Fsp3) is 0.190. The first-order chi connectivity index (χ1) is 13.9. The average molecular weight is 397 g/mol. The number of benzene rings is 2. The topological polar surface area (TPSA) is 113 Å². The van der Waals surface area contributed by atoms with E-state index in [1.807, 2.05) is 0 Å². The van der Waals surface area contributed by atoms with Gasteiger partial charge in [0.1, 0.15) is 17.1 Å². The van der Waals surface area contributed by atoms with Gasteiger partial charge < -0.3 is 19.7 Å². The number of aliphatic hydroxyl groups excluding tert-OH is 1. The number of aliphatic hydroxyl groups is 2. The highest BCUT2D eigenvalue weighted by Crippen LogP contribution is 2.40. The maximum atomic E-state index is 12.7. The van der Waals surface area contributed by atoms with Crippen molar-refractivity contribution >= 4 is 29.1 Å². The normalized spacial score (nSPS) is 20.6. The lowest BCUT2D eigenvalue weighted by atomic mass is 9.97. The van der Waals surface area contributed by atoms with Gasteiger partial charge in [0.25, 0.3) is 11.5 Å². The minimum atomic E-state index is -2.84. The number of nitrogens with zero attached hydrogens (tertiary/aromatic N) is 1. The van der Waals surface area contributed by atoms with Crippen molar-refractivity contribution in [2.45, 2.75) is 12.6 Å². The summed E-state index contributed by atoms with van der Waals surface area (Å²) in [5, 5.41) is 21.9. The number of anilines is 1. The van der Waals surface area contributed by atoms with Crippen LogP contribution >= 0.6 is 0 Å². The lowest BCUT2D eigenvalue weighted by molar-refractivity contribution is -0.158. The van der Waals surface area contributed by atoms with Crippen LogP contribution < -0.4 is 9.64 Å². The van der Waals surface area contributed by atoms with E-state index in [-0.39, 0.29) is 11.3 Å². The molecular formula is C21H19NO7. The molecule has 8 nitrogen and oxygen atoms in total. The fourth-order valence-electron chi connectivity index (χ4n) is 3.14. The van der Waals surface area contributed by atoms with E-state index >= 15 is 0 Å². The predicted octanol–water partition coefficient (Wildman–Crippen LogP) is 1.83. The Hall–Kier alpha value is -3.65. The van der Waals surface area contributed by atoms with Crippen molar-refractivity contribution in [1.29, 1.82) is 0 Å². The summed E-state index contributed by atoms with van der Waals surface area (Å²) in [5.41, 5.74) is -3.40. The third-order valence-corrected chi connectivity index (χ3v) is 4.46. The van der Waals surface area contributed by atoms with Crippen LogP contribution in [0, 0.1) is 0 Å². The van der Waals surface area contributed by atoms with Gasteiger partial charge in [-0.2, -0.15) is 0 Å². The van der Waals surface area contributed by atoms with Crippen LogP contribution in [-0.4, -0.2) is 47.3 Å². The Morgan fingerprint density at radius 3 is 2.24 bits per heavy atom. The highest BCUT2D eigenvalue weighted by Gasteiger charge is 2.62. The number of carbonyl (C=O) groups is 3. The number of ketones is 1. The summed E-state index contributed by atoms with van der Waals surface area (Å²) in [6.07, 6.45) is 0. The minimum absolute atomic E-state index is 0.0514. The number of Topliss-reactive ketones (excluding diaryl/α,β-unsaturated/α-hetero) is 1. The summed E-state index contributed by atoms with van der Waals surface area (Å²) in [7, 11) is 1.00. The average Bonchev–Trinajstić information content (AvgIpc) is 2.95. The predicted molar refractivity (Wildman–Crippen MR) is 103 cm³/mol. The summed E-state index contributed by atoms with van der Waals surface area (Å²) in [6, 6.07) is 13.7. The van der Waals surface area contributed by atoms with E-state index in [4.69, 9.17) is 4.74 Å². The molecule has 1 atom stereocenters. The second-order valence-corrected chi connectivity index (χ2v) is 6.15. The third-order valence-electron chi connectivity index (χ3n) is 4.46. The van der Waals surface area contributed by atoms with Crippen LogP contribution in [0.3, 0.4) is 0 Å². The zero-order chi connectivity index (χ0) is 21.2. The molecule has 0 radical (unpaired) electrons. The SMILES string of the molecule is CCOc1ccc(N2C(=O)C(=O)/C(=C(\O)c3ccccc3)C2(O)C(=O)OC)cc1. The summed E-state index contributed by atoms with van der Waals surface area (Å²) in [4.78, 5) is 38.6. The molecule has 1 saturated heterocycles. The molecule has 0 aliphatic carbocycles. The summed E-state index contributed by atoms with van der Waals surface area (Å²) >= 11 is 0. The molecule has 0 bridgehead atoms. The number of hydrogen-bond donors (Lipinski definition) is 2. The van der Waals surface area contributed by atoms with E-state index in [1.165, 1.54) is 36.4 Å². The van der Waals surface area contributed by atoms with Crippen LogP contribution in [0.2, 0.25) is 0 Å². The van der Waals surface area contributed by atoms with E-state index < -0.39 is 34.7 Å². The van der Waals surface area contributed by atoms with E-state index in [0.717, 1.165) is 7.11 Å². The Morgan fingerprint density at radius 2 is 1.69 bits per heavy atom. The van der Waals surface area contributed by atoms with E-state index in [2.05, 4.69) is 4.74 Å². The highest BCUT2D eigenvalue weighted by atomic mass is 16.5. The second-order valence-electron chi connectivity index (χ2n) is 6.15. The van der Waals surface area contributed by atoms with Gasteiger partial charge in [-0.15, -0.1) is 0 Å². The number of rotatable bonds is 5. The van der Waals surface area contributed by atoms with Gasteiger partial charge in [0.2, 0.25) is 0 Å². The molecule has 1 heterocycles. The smallest absolute Gasteiger partial charge is 0.365 e. The van der Waals surface area contributed by atoms with Crippen LogP contribution in [0.5, 0.6) is 5.75 Å². The zero-order valence-electron chi connectivity index (χ0n) is 15.8. The van der Waals surface area contributed by atoms with Crippen LogP contribution in [0.1, 0.15) is 12.5 Å². The van der Waals surface area contributed by atoms with E-state index in [1.54, 1.807) is 25.1 Å². The third kappa shape index (κ3) is 3.23. The first-order valence-corrected chi connectivity index (χ1v) is 8.77. The van der Waals surface area contributed by atoms with Crippen molar-refractivity contribution in [1.82, 2.24) is 0 Å². The van der Waals surface area contributed by atoms with E-state index in [9.17, 15) is 24.6 Å². The Balaban J connectivity index is 2.20.